The van der Waals surface area contributed by atoms with Crippen molar-refractivity contribution in [3.05, 3.63) is 70.2 Å². The van der Waals surface area contributed by atoms with Gasteiger partial charge in [-0.3, -0.25) is 9.59 Å². The molecule has 0 bridgehead atoms. The molecule has 0 aromatic heterocycles. The minimum Gasteiger partial charge on any atom is -0.351 e. The Morgan fingerprint density at radius 2 is 1.56 bits per heavy atom. The van der Waals surface area contributed by atoms with Crippen molar-refractivity contribution in [3.8, 4) is 0 Å². The molecule has 0 aliphatic carbocycles. The second kappa shape index (κ2) is 9.20. The molecule has 0 fully saturated rings. The quantitative estimate of drug-likeness (QED) is 0.798. The summed E-state index contributed by atoms with van der Waals surface area (Å²) in [5, 5.41) is 6.33. The minimum absolute atomic E-state index is 0.186. The van der Waals surface area contributed by atoms with Gasteiger partial charge in [0.05, 0.1) is 0 Å². The first-order valence-electron chi connectivity index (χ1n) is 8.01. The fourth-order valence-electron chi connectivity index (χ4n) is 2.18. The first-order valence-corrected chi connectivity index (χ1v) is 8.39. The van der Waals surface area contributed by atoms with Crippen molar-refractivity contribution in [2.75, 3.05) is 27.2 Å². The number of halogens is 1. The summed E-state index contributed by atoms with van der Waals surface area (Å²) >= 11 is 5.84. The average Bonchev–Trinajstić information content (AvgIpc) is 2.60. The van der Waals surface area contributed by atoms with E-state index >= 15 is 0 Å². The molecule has 2 amide bonds. The van der Waals surface area contributed by atoms with Crippen LogP contribution in [0.1, 0.15) is 26.3 Å². The molecule has 2 aromatic rings. The van der Waals surface area contributed by atoms with Gasteiger partial charge < -0.3 is 15.5 Å². The zero-order valence-corrected chi connectivity index (χ0v) is 15.1. The third-order valence-corrected chi connectivity index (χ3v) is 3.85. The molecule has 2 rings (SSSR count). The van der Waals surface area contributed by atoms with Crippen molar-refractivity contribution >= 4 is 23.4 Å². The maximum atomic E-state index is 12.3. The number of hydrogen-bond donors (Lipinski definition) is 2. The van der Waals surface area contributed by atoms with Crippen molar-refractivity contribution in [2.45, 2.75) is 6.54 Å². The highest BCUT2D eigenvalue weighted by Crippen LogP contribution is 2.10. The summed E-state index contributed by atoms with van der Waals surface area (Å²) in [7, 11) is 3.88. The molecule has 2 aromatic carbocycles. The van der Waals surface area contributed by atoms with Crippen LogP contribution in [0.15, 0.2) is 48.5 Å². The monoisotopic (exact) mass is 359 g/mol. The Kier molecular flexibility index (Phi) is 6.98. The normalized spacial score (nSPS) is 10.6. The van der Waals surface area contributed by atoms with Crippen molar-refractivity contribution in [3.63, 3.8) is 0 Å². The fourth-order valence-corrected chi connectivity index (χ4v) is 2.31. The molecule has 6 heteroatoms. The lowest BCUT2D eigenvalue weighted by Crippen LogP contribution is -2.31. The molecule has 0 atom stereocenters. The maximum absolute atomic E-state index is 12.3. The zero-order valence-electron chi connectivity index (χ0n) is 14.4. The van der Waals surface area contributed by atoms with Crippen LogP contribution in [0.25, 0.3) is 0 Å². The molecule has 5 nitrogen and oxygen atoms in total. The highest BCUT2D eigenvalue weighted by Gasteiger charge is 2.10. The lowest BCUT2D eigenvalue weighted by atomic mass is 10.1. The molecule has 0 unspecified atom stereocenters. The van der Waals surface area contributed by atoms with Crippen LogP contribution in [0.4, 0.5) is 0 Å². The molecular formula is C19H22ClN3O2. The van der Waals surface area contributed by atoms with Gasteiger partial charge in [0, 0.05) is 35.8 Å². The number of carbonyl (C=O) groups excluding carboxylic acids is 2. The van der Waals surface area contributed by atoms with E-state index in [-0.39, 0.29) is 11.8 Å². The number of rotatable bonds is 7. The van der Waals surface area contributed by atoms with Crippen LogP contribution >= 0.6 is 11.6 Å². The summed E-state index contributed by atoms with van der Waals surface area (Å²) < 4.78 is 0. The second-order valence-corrected chi connectivity index (χ2v) is 6.39. The lowest BCUT2D eigenvalue weighted by Gasteiger charge is -2.11. The highest BCUT2D eigenvalue weighted by molar-refractivity contribution is 6.30. The number of carbonyl (C=O) groups is 2. The number of amides is 2. The molecule has 0 aliphatic heterocycles. The summed E-state index contributed by atoms with van der Waals surface area (Å²) in [6.07, 6.45) is 0. The summed E-state index contributed by atoms with van der Waals surface area (Å²) in [5.74, 6) is -0.410. The molecule has 0 heterocycles. The van der Waals surface area contributed by atoms with Crippen LogP contribution in [0.2, 0.25) is 5.02 Å². The van der Waals surface area contributed by atoms with Crippen molar-refractivity contribution in [1.82, 2.24) is 15.5 Å². The van der Waals surface area contributed by atoms with Crippen LogP contribution in [0.5, 0.6) is 0 Å². The van der Waals surface area contributed by atoms with E-state index in [2.05, 4.69) is 10.6 Å². The fraction of sp³-hybridized carbons (Fsp3) is 0.263. The Labute approximate surface area is 153 Å². The molecule has 2 N–H and O–H groups in total. The predicted molar refractivity (Wildman–Crippen MR) is 100.0 cm³/mol. The van der Waals surface area contributed by atoms with Gasteiger partial charge in [-0.15, -0.1) is 0 Å². The zero-order chi connectivity index (χ0) is 18.2. The van der Waals surface area contributed by atoms with Gasteiger partial charge in [0.2, 0.25) is 0 Å². The summed E-state index contributed by atoms with van der Waals surface area (Å²) in [4.78, 5) is 26.4. The molecule has 0 spiro atoms. The molecule has 0 saturated carbocycles. The Hall–Kier alpha value is -2.37. The molecule has 25 heavy (non-hydrogen) atoms. The highest BCUT2D eigenvalue weighted by atomic mass is 35.5. The van der Waals surface area contributed by atoms with Gasteiger partial charge in [0.25, 0.3) is 11.8 Å². The van der Waals surface area contributed by atoms with Crippen LogP contribution in [-0.4, -0.2) is 43.9 Å². The van der Waals surface area contributed by atoms with E-state index in [1.165, 1.54) is 0 Å². The van der Waals surface area contributed by atoms with Crippen molar-refractivity contribution < 1.29 is 9.59 Å². The van der Waals surface area contributed by atoms with Crippen LogP contribution < -0.4 is 10.6 Å². The van der Waals surface area contributed by atoms with Gasteiger partial charge in [0.1, 0.15) is 0 Å². The van der Waals surface area contributed by atoms with E-state index in [0.29, 0.717) is 29.2 Å². The number of benzene rings is 2. The first-order chi connectivity index (χ1) is 12.0. The topological polar surface area (TPSA) is 61.4 Å². The van der Waals surface area contributed by atoms with Gasteiger partial charge >= 0.3 is 0 Å². The van der Waals surface area contributed by atoms with Crippen LogP contribution in [0, 0.1) is 0 Å². The van der Waals surface area contributed by atoms with E-state index in [9.17, 15) is 9.59 Å². The minimum atomic E-state index is -0.224. The first kappa shape index (κ1) is 19.0. The average molecular weight is 360 g/mol. The van der Waals surface area contributed by atoms with Crippen LogP contribution in [0.3, 0.4) is 0 Å². The van der Waals surface area contributed by atoms with Gasteiger partial charge in [-0.2, -0.15) is 0 Å². The number of nitrogens with zero attached hydrogens (tertiary/aromatic N) is 1. The van der Waals surface area contributed by atoms with E-state index in [4.69, 9.17) is 11.6 Å². The Balaban J connectivity index is 1.93. The van der Waals surface area contributed by atoms with E-state index < -0.39 is 0 Å². The maximum Gasteiger partial charge on any atom is 0.251 e. The van der Waals surface area contributed by atoms with Crippen LogP contribution in [-0.2, 0) is 6.54 Å². The van der Waals surface area contributed by atoms with Gasteiger partial charge in [0.15, 0.2) is 0 Å². The standard InChI is InChI=1S/C19H22ClN3O2/c1-23(2)11-10-21-18(24)15-4-3-5-16(12-15)19(25)22-13-14-6-8-17(20)9-7-14/h3-9,12H,10-11,13H2,1-2H3,(H,21,24)(H,22,25). The van der Waals surface area contributed by atoms with Crippen molar-refractivity contribution in [1.29, 1.82) is 0 Å². The lowest BCUT2D eigenvalue weighted by molar-refractivity contribution is 0.0950. The number of likely N-dealkylation sites (N-methyl/N-ethyl adjacent to an activating group) is 1. The summed E-state index contributed by atoms with van der Waals surface area (Å²) in [5.41, 5.74) is 1.88. The number of hydrogen-bond acceptors (Lipinski definition) is 3. The summed E-state index contributed by atoms with van der Waals surface area (Å²) in [6.45, 7) is 1.71. The second-order valence-electron chi connectivity index (χ2n) is 5.95. The number of nitrogens with one attached hydrogen (secondary N) is 2. The largest absolute Gasteiger partial charge is 0.351 e. The molecule has 0 saturated heterocycles. The van der Waals surface area contributed by atoms with Gasteiger partial charge in [-0.1, -0.05) is 29.8 Å². The smallest absolute Gasteiger partial charge is 0.251 e. The molecule has 0 radical (unpaired) electrons. The van der Waals surface area contributed by atoms with Gasteiger partial charge in [-0.05, 0) is 50.0 Å². The molecule has 132 valence electrons. The Morgan fingerprint density at radius 1 is 0.960 bits per heavy atom. The van der Waals surface area contributed by atoms with Gasteiger partial charge in [-0.25, -0.2) is 0 Å². The summed E-state index contributed by atoms with van der Waals surface area (Å²) in [6, 6.07) is 14.0. The molecular weight excluding hydrogens is 338 g/mol. The Bertz CT molecular complexity index is 730. The third-order valence-electron chi connectivity index (χ3n) is 3.60. The van der Waals surface area contributed by atoms with Crippen molar-refractivity contribution in [2.24, 2.45) is 0 Å². The SMILES string of the molecule is CN(C)CCNC(=O)c1cccc(C(=O)NCc2ccc(Cl)cc2)c1. The van der Waals surface area contributed by atoms with E-state index in [1.54, 1.807) is 36.4 Å². The molecule has 0 aliphatic rings. The van der Waals surface area contributed by atoms with E-state index in [0.717, 1.165) is 12.1 Å². The van der Waals surface area contributed by atoms with E-state index in [1.807, 2.05) is 31.1 Å². The Morgan fingerprint density at radius 3 is 2.16 bits per heavy atom. The third kappa shape index (κ3) is 6.21. The predicted octanol–water partition coefficient (Wildman–Crippen LogP) is 2.56.